The molecule has 7 nitrogen and oxygen atoms in total. The van der Waals surface area contributed by atoms with E-state index in [0.717, 1.165) is 18.7 Å². The zero-order valence-corrected chi connectivity index (χ0v) is 15.3. The van der Waals surface area contributed by atoms with Crippen LogP contribution in [0.5, 0.6) is 0 Å². The molecule has 4 rings (SSSR count). The van der Waals surface area contributed by atoms with Crippen molar-refractivity contribution in [3.63, 3.8) is 0 Å². The van der Waals surface area contributed by atoms with Gasteiger partial charge in [0.25, 0.3) is 5.56 Å². The fraction of sp³-hybridized carbons (Fsp3) is 0.421. The number of H-pyrrole nitrogens is 1. The molecule has 1 aliphatic heterocycles. The molecule has 2 aromatic heterocycles. The van der Waals surface area contributed by atoms with Crippen LogP contribution >= 0.6 is 0 Å². The fourth-order valence-electron chi connectivity index (χ4n) is 3.84. The van der Waals surface area contributed by atoms with Crippen molar-refractivity contribution >= 4 is 11.2 Å². The van der Waals surface area contributed by atoms with Gasteiger partial charge in [-0.3, -0.25) is 19.2 Å². The molecule has 0 spiro atoms. The van der Waals surface area contributed by atoms with Gasteiger partial charge in [-0.2, -0.15) is 0 Å². The Balaban J connectivity index is 1.83. The van der Waals surface area contributed by atoms with Gasteiger partial charge in [0, 0.05) is 25.7 Å². The fourth-order valence-corrected chi connectivity index (χ4v) is 3.84. The van der Waals surface area contributed by atoms with Crippen LogP contribution in [0.1, 0.15) is 31.4 Å². The molecule has 3 heterocycles. The van der Waals surface area contributed by atoms with E-state index in [1.54, 1.807) is 18.7 Å². The summed E-state index contributed by atoms with van der Waals surface area (Å²) in [4.78, 5) is 33.5. The van der Waals surface area contributed by atoms with E-state index in [4.69, 9.17) is 0 Å². The van der Waals surface area contributed by atoms with Crippen molar-refractivity contribution in [1.82, 2.24) is 24.0 Å². The molecule has 1 aliphatic rings. The molecule has 1 unspecified atom stereocenters. The van der Waals surface area contributed by atoms with Crippen molar-refractivity contribution in [2.24, 2.45) is 14.1 Å². The first-order chi connectivity index (χ1) is 12.5. The van der Waals surface area contributed by atoms with Crippen molar-refractivity contribution in [3.05, 3.63) is 50.7 Å². The summed E-state index contributed by atoms with van der Waals surface area (Å²) >= 11 is 0. The summed E-state index contributed by atoms with van der Waals surface area (Å²) in [6, 6.07) is 8.64. The number of aryl methyl sites for hydroxylation is 2. The summed E-state index contributed by atoms with van der Waals surface area (Å²) in [5.74, 6) is 0.683. The first-order valence-electron chi connectivity index (χ1n) is 8.97. The maximum atomic E-state index is 12.2. The number of imidazole rings is 1. The molecule has 7 heteroatoms. The van der Waals surface area contributed by atoms with Crippen molar-refractivity contribution in [1.29, 1.82) is 0 Å². The first kappa shape index (κ1) is 16.8. The minimum atomic E-state index is -0.455. The molecule has 0 radical (unpaired) electrons. The second-order valence-electron chi connectivity index (χ2n) is 7.03. The lowest BCUT2D eigenvalue weighted by Gasteiger charge is -2.24. The highest BCUT2D eigenvalue weighted by atomic mass is 16.2. The Morgan fingerprint density at radius 3 is 2.58 bits per heavy atom. The zero-order valence-electron chi connectivity index (χ0n) is 15.3. The second-order valence-corrected chi connectivity index (χ2v) is 7.03. The number of likely N-dealkylation sites (tertiary alicyclic amines) is 1. The predicted octanol–water partition coefficient (Wildman–Crippen LogP) is 1.78. The number of rotatable bonds is 3. The van der Waals surface area contributed by atoms with Gasteiger partial charge in [-0.15, -0.1) is 0 Å². The van der Waals surface area contributed by atoms with Gasteiger partial charge in [-0.05, 0) is 44.5 Å². The highest BCUT2D eigenvalue weighted by Crippen LogP contribution is 2.28. The normalized spacial score (nSPS) is 16.4. The molecule has 136 valence electrons. The van der Waals surface area contributed by atoms with E-state index >= 15 is 0 Å². The molecule has 0 saturated carbocycles. The molecule has 0 amide bonds. The van der Waals surface area contributed by atoms with Gasteiger partial charge in [0.1, 0.15) is 5.82 Å². The van der Waals surface area contributed by atoms with Crippen molar-refractivity contribution in [2.45, 2.75) is 25.8 Å². The maximum absolute atomic E-state index is 12.2. The molecule has 1 aromatic carbocycles. The van der Waals surface area contributed by atoms with Crippen molar-refractivity contribution in [3.8, 4) is 11.4 Å². The molecular formula is C19H23N5O2. The number of hydrogen-bond acceptors (Lipinski definition) is 4. The Morgan fingerprint density at radius 2 is 1.85 bits per heavy atom. The van der Waals surface area contributed by atoms with Crippen molar-refractivity contribution < 1.29 is 0 Å². The number of aromatic nitrogens is 4. The number of hydrogen-bond donors (Lipinski definition) is 1. The maximum Gasteiger partial charge on any atom is 0.329 e. The third-order valence-electron chi connectivity index (χ3n) is 5.45. The molecular weight excluding hydrogens is 330 g/mol. The Kier molecular flexibility index (Phi) is 4.03. The summed E-state index contributed by atoms with van der Waals surface area (Å²) in [7, 11) is 3.42. The number of aromatic amines is 1. The molecule has 0 aliphatic carbocycles. The summed E-state index contributed by atoms with van der Waals surface area (Å²) in [6.07, 6.45) is 2.51. The highest BCUT2D eigenvalue weighted by molar-refractivity contribution is 5.76. The number of benzene rings is 1. The molecule has 1 atom stereocenters. The zero-order chi connectivity index (χ0) is 18.4. The second kappa shape index (κ2) is 6.25. The summed E-state index contributed by atoms with van der Waals surface area (Å²) < 4.78 is 3.13. The van der Waals surface area contributed by atoms with Gasteiger partial charge < -0.3 is 4.57 Å². The topological polar surface area (TPSA) is 75.9 Å². The first-order valence-corrected chi connectivity index (χ1v) is 8.97. The molecule has 26 heavy (non-hydrogen) atoms. The van der Waals surface area contributed by atoms with Gasteiger partial charge in [0.2, 0.25) is 0 Å². The third-order valence-corrected chi connectivity index (χ3v) is 5.45. The van der Waals surface area contributed by atoms with Gasteiger partial charge in [-0.1, -0.05) is 18.2 Å². The van der Waals surface area contributed by atoms with E-state index in [9.17, 15) is 9.59 Å². The summed E-state index contributed by atoms with van der Waals surface area (Å²) in [6.45, 7) is 4.50. The van der Waals surface area contributed by atoms with Gasteiger partial charge in [-0.25, -0.2) is 9.78 Å². The SMILES string of the molecule is CC(c1cccc(-c2nc3c(c(=O)[nH]c(=O)n3C)n2C)c1)N1CCCC1. The average Bonchev–Trinajstić information content (AvgIpc) is 3.27. The molecule has 1 N–H and O–H groups in total. The minimum absolute atomic E-state index is 0.347. The summed E-state index contributed by atoms with van der Waals surface area (Å²) in [5.41, 5.74) is 2.11. The number of fused-ring (bicyclic) bond motifs is 1. The Bertz CT molecular complexity index is 1090. The molecule has 1 fully saturated rings. The van der Waals surface area contributed by atoms with Gasteiger partial charge >= 0.3 is 5.69 Å². The lowest BCUT2D eigenvalue weighted by atomic mass is 10.0. The minimum Gasteiger partial charge on any atom is -0.321 e. The van der Waals surface area contributed by atoms with Crippen LogP contribution in [0.3, 0.4) is 0 Å². The van der Waals surface area contributed by atoms with E-state index in [0.29, 0.717) is 23.0 Å². The van der Waals surface area contributed by atoms with Gasteiger partial charge in [0.05, 0.1) is 0 Å². The van der Waals surface area contributed by atoms with Crippen LogP contribution in [0.15, 0.2) is 33.9 Å². The molecule has 0 bridgehead atoms. The van der Waals surface area contributed by atoms with Crippen LogP contribution in [0.25, 0.3) is 22.6 Å². The Hall–Kier alpha value is -2.67. The molecule has 1 saturated heterocycles. The lowest BCUT2D eigenvalue weighted by Crippen LogP contribution is -2.29. The van der Waals surface area contributed by atoms with E-state index in [2.05, 4.69) is 33.9 Å². The van der Waals surface area contributed by atoms with Crippen LogP contribution in [-0.4, -0.2) is 37.1 Å². The summed E-state index contributed by atoms with van der Waals surface area (Å²) in [5, 5.41) is 0. The monoisotopic (exact) mass is 353 g/mol. The van der Waals surface area contributed by atoms with Crippen LogP contribution in [0.4, 0.5) is 0 Å². The molecule has 3 aromatic rings. The van der Waals surface area contributed by atoms with E-state index < -0.39 is 11.2 Å². The van der Waals surface area contributed by atoms with E-state index in [-0.39, 0.29) is 0 Å². The quantitative estimate of drug-likeness (QED) is 0.779. The van der Waals surface area contributed by atoms with Crippen molar-refractivity contribution in [2.75, 3.05) is 13.1 Å². The highest BCUT2D eigenvalue weighted by Gasteiger charge is 2.21. The number of nitrogens with one attached hydrogen (secondary N) is 1. The standard InChI is InChI=1S/C19H23N5O2/c1-12(24-9-4-5-10-24)13-7-6-8-14(11-13)16-20-17-15(22(16)2)18(25)21-19(26)23(17)3/h6-8,11-12H,4-5,9-10H2,1-3H3,(H,21,25,26). The van der Waals surface area contributed by atoms with Crippen LogP contribution in [0.2, 0.25) is 0 Å². The Labute approximate surface area is 150 Å². The van der Waals surface area contributed by atoms with E-state index in [1.165, 1.54) is 23.0 Å². The smallest absolute Gasteiger partial charge is 0.321 e. The third kappa shape index (κ3) is 2.59. The lowest BCUT2D eigenvalue weighted by molar-refractivity contribution is 0.263. The largest absolute Gasteiger partial charge is 0.329 e. The Morgan fingerprint density at radius 1 is 1.12 bits per heavy atom. The predicted molar refractivity (Wildman–Crippen MR) is 101 cm³/mol. The van der Waals surface area contributed by atoms with Gasteiger partial charge in [0.15, 0.2) is 11.2 Å². The van der Waals surface area contributed by atoms with Crippen LogP contribution in [-0.2, 0) is 14.1 Å². The number of nitrogens with zero attached hydrogens (tertiary/aromatic N) is 4. The van der Waals surface area contributed by atoms with Crippen LogP contribution < -0.4 is 11.2 Å². The van der Waals surface area contributed by atoms with E-state index in [1.807, 2.05) is 12.1 Å². The average molecular weight is 353 g/mol. The van der Waals surface area contributed by atoms with Crippen LogP contribution in [0, 0.1) is 0 Å².